The Morgan fingerprint density at radius 2 is 1.82 bits per heavy atom. The lowest BCUT2D eigenvalue weighted by molar-refractivity contribution is -0.311. The Morgan fingerprint density at radius 1 is 1.03 bits per heavy atom. The SMILES string of the molecule is O=C(Nc1ncnc2c1ncn2[C@@H]1CO[C@@H]2COC(c3ccccc3)O[C@H]2[C@H]1OCCF)c1ccccc1. The van der Waals surface area contributed by atoms with Gasteiger partial charge < -0.3 is 28.8 Å². The number of hydrogen-bond donors (Lipinski definition) is 1. The van der Waals surface area contributed by atoms with Crippen molar-refractivity contribution in [2.75, 3.05) is 31.8 Å². The summed E-state index contributed by atoms with van der Waals surface area (Å²) >= 11 is 0. The summed E-state index contributed by atoms with van der Waals surface area (Å²) in [6.07, 6.45) is 0.914. The van der Waals surface area contributed by atoms with E-state index in [1.807, 2.05) is 41.0 Å². The third kappa shape index (κ3) is 4.76. The van der Waals surface area contributed by atoms with Crippen LogP contribution in [-0.4, -0.2) is 70.2 Å². The number of ether oxygens (including phenoxy) is 4. The number of nitrogens with zero attached hydrogens (tertiary/aromatic N) is 4. The van der Waals surface area contributed by atoms with Crippen molar-refractivity contribution < 1.29 is 28.1 Å². The zero-order valence-electron chi connectivity index (χ0n) is 20.4. The maximum atomic E-state index is 13.2. The molecule has 1 unspecified atom stereocenters. The number of carbonyl (C=O) groups is 1. The van der Waals surface area contributed by atoms with E-state index < -0.39 is 31.2 Å². The normalized spacial score (nSPS) is 25.1. The van der Waals surface area contributed by atoms with Crippen molar-refractivity contribution in [2.45, 2.75) is 30.6 Å². The van der Waals surface area contributed by atoms with Crippen LogP contribution in [0.15, 0.2) is 73.3 Å². The van der Waals surface area contributed by atoms with Crippen molar-refractivity contribution in [3.63, 3.8) is 0 Å². The van der Waals surface area contributed by atoms with Crippen LogP contribution in [0.1, 0.15) is 28.3 Å². The van der Waals surface area contributed by atoms with E-state index in [-0.39, 0.29) is 31.0 Å². The molecule has 6 rings (SSSR count). The second-order valence-corrected chi connectivity index (χ2v) is 9.01. The van der Waals surface area contributed by atoms with E-state index in [1.165, 1.54) is 6.33 Å². The molecule has 38 heavy (non-hydrogen) atoms. The molecular weight excluding hydrogens is 493 g/mol. The number of nitrogens with one attached hydrogen (secondary N) is 1. The number of benzene rings is 2. The largest absolute Gasteiger partial charge is 0.371 e. The van der Waals surface area contributed by atoms with Crippen molar-refractivity contribution in [3.8, 4) is 0 Å². The van der Waals surface area contributed by atoms with Crippen molar-refractivity contribution in [2.24, 2.45) is 0 Å². The highest BCUT2D eigenvalue weighted by atomic mass is 19.1. The number of rotatable bonds is 7. The van der Waals surface area contributed by atoms with Gasteiger partial charge in [-0.1, -0.05) is 48.5 Å². The summed E-state index contributed by atoms with van der Waals surface area (Å²) in [5.41, 5.74) is 2.26. The van der Waals surface area contributed by atoms with Crippen LogP contribution in [0, 0.1) is 0 Å². The lowest BCUT2D eigenvalue weighted by Gasteiger charge is -2.46. The number of alkyl halides is 1. The van der Waals surface area contributed by atoms with E-state index in [2.05, 4.69) is 20.3 Å². The highest BCUT2D eigenvalue weighted by Gasteiger charge is 2.47. The summed E-state index contributed by atoms with van der Waals surface area (Å²) < 4.78 is 39.5. The van der Waals surface area contributed by atoms with Gasteiger partial charge >= 0.3 is 0 Å². The van der Waals surface area contributed by atoms with Gasteiger partial charge in [0.15, 0.2) is 23.3 Å². The van der Waals surface area contributed by atoms with Gasteiger partial charge in [-0.3, -0.25) is 4.79 Å². The number of aromatic nitrogens is 4. The lowest BCUT2D eigenvalue weighted by atomic mass is 9.96. The molecule has 0 radical (unpaired) electrons. The highest BCUT2D eigenvalue weighted by Crippen LogP contribution is 2.38. The first kappa shape index (κ1) is 24.6. The van der Waals surface area contributed by atoms with Gasteiger partial charge in [0, 0.05) is 11.1 Å². The summed E-state index contributed by atoms with van der Waals surface area (Å²) in [7, 11) is 0. The van der Waals surface area contributed by atoms with Gasteiger partial charge in [-0.2, -0.15) is 0 Å². The van der Waals surface area contributed by atoms with Crippen LogP contribution in [0.2, 0.25) is 0 Å². The number of fused-ring (bicyclic) bond motifs is 2. The first-order chi connectivity index (χ1) is 18.7. The predicted molar refractivity (Wildman–Crippen MR) is 134 cm³/mol. The lowest BCUT2D eigenvalue weighted by Crippen LogP contribution is -2.57. The first-order valence-corrected chi connectivity index (χ1v) is 12.4. The van der Waals surface area contributed by atoms with Gasteiger partial charge in [0.1, 0.15) is 31.3 Å². The number of hydrogen-bond acceptors (Lipinski definition) is 8. The first-order valence-electron chi connectivity index (χ1n) is 12.4. The zero-order chi connectivity index (χ0) is 25.9. The van der Waals surface area contributed by atoms with Crippen molar-refractivity contribution >= 4 is 22.9 Å². The van der Waals surface area contributed by atoms with Crippen LogP contribution in [-0.2, 0) is 18.9 Å². The molecule has 0 saturated carbocycles. The topological polar surface area (TPSA) is 110 Å². The van der Waals surface area contributed by atoms with E-state index in [0.717, 1.165) is 5.56 Å². The Kier molecular flexibility index (Phi) is 7.06. The molecule has 4 aromatic rings. The Hall–Kier alpha value is -3.77. The van der Waals surface area contributed by atoms with Crippen molar-refractivity contribution in [1.82, 2.24) is 19.5 Å². The molecule has 196 valence electrons. The third-order valence-corrected chi connectivity index (χ3v) is 6.69. The maximum Gasteiger partial charge on any atom is 0.256 e. The standard InChI is InChI=1S/C27H26FN5O5/c28-11-12-35-22-19(13-36-20-14-37-27(38-23(20)22)18-9-5-2-6-10-18)33-16-31-21-24(29-15-30-25(21)33)32-26(34)17-7-3-1-4-8-17/h1-10,15-16,19-20,22-23,27H,11-14H2,(H,29,30,32,34)/t19-,20-,22+,23-,27?/m1/s1. The fraction of sp³-hybridized carbons (Fsp3) is 0.333. The molecule has 11 heteroatoms. The third-order valence-electron chi connectivity index (χ3n) is 6.69. The van der Waals surface area contributed by atoms with Crippen molar-refractivity contribution in [3.05, 3.63) is 84.4 Å². The smallest absolute Gasteiger partial charge is 0.256 e. The minimum Gasteiger partial charge on any atom is -0.371 e. The number of carbonyl (C=O) groups excluding carboxylic acids is 1. The van der Waals surface area contributed by atoms with Gasteiger partial charge in [-0.05, 0) is 12.1 Å². The highest BCUT2D eigenvalue weighted by molar-refractivity contribution is 6.06. The molecule has 1 amide bonds. The molecule has 2 fully saturated rings. The van der Waals surface area contributed by atoms with Crippen LogP contribution in [0.3, 0.4) is 0 Å². The molecule has 10 nitrogen and oxygen atoms in total. The molecule has 2 aromatic heterocycles. The quantitative estimate of drug-likeness (QED) is 0.395. The molecule has 2 aromatic carbocycles. The number of anilines is 1. The van der Waals surface area contributed by atoms with E-state index in [0.29, 0.717) is 23.3 Å². The summed E-state index contributed by atoms with van der Waals surface area (Å²) in [4.78, 5) is 25.9. The van der Waals surface area contributed by atoms with Gasteiger partial charge in [-0.25, -0.2) is 19.3 Å². The molecule has 4 heterocycles. The number of imidazole rings is 1. The van der Waals surface area contributed by atoms with Crippen LogP contribution >= 0.6 is 0 Å². The summed E-state index contributed by atoms with van der Waals surface area (Å²) in [6, 6.07) is 18.0. The fourth-order valence-electron chi connectivity index (χ4n) is 4.88. The molecular formula is C27H26FN5O5. The van der Waals surface area contributed by atoms with Gasteiger partial charge in [0.25, 0.3) is 5.91 Å². The molecule has 1 N–H and O–H groups in total. The van der Waals surface area contributed by atoms with Crippen LogP contribution in [0.25, 0.3) is 11.2 Å². The summed E-state index contributed by atoms with van der Waals surface area (Å²) in [5.74, 6) is -0.0272. The van der Waals surface area contributed by atoms with Gasteiger partial charge in [0.05, 0.1) is 32.2 Å². The molecule has 2 saturated heterocycles. The van der Waals surface area contributed by atoms with Crippen LogP contribution in [0.4, 0.5) is 10.2 Å². The van der Waals surface area contributed by atoms with E-state index in [1.54, 1.807) is 30.6 Å². The monoisotopic (exact) mass is 519 g/mol. The summed E-state index contributed by atoms with van der Waals surface area (Å²) in [6.45, 7) is -0.163. The molecule has 5 atom stereocenters. The Labute approximate surface area is 217 Å². The Morgan fingerprint density at radius 3 is 2.61 bits per heavy atom. The number of amides is 1. The molecule has 0 spiro atoms. The molecule has 0 aliphatic carbocycles. The van der Waals surface area contributed by atoms with E-state index >= 15 is 0 Å². The van der Waals surface area contributed by atoms with Crippen LogP contribution in [0.5, 0.6) is 0 Å². The minimum atomic E-state index is -0.636. The second-order valence-electron chi connectivity index (χ2n) is 9.01. The van der Waals surface area contributed by atoms with Gasteiger partial charge in [0.2, 0.25) is 0 Å². The minimum absolute atomic E-state index is 0.0927. The average molecular weight is 520 g/mol. The number of halogens is 1. The van der Waals surface area contributed by atoms with Gasteiger partial charge in [-0.15, -0.1) is 0 Å². The molecule has 2 aliphatic rings. The molecule has 2 aliphatic heterocycles. The predicted octanol–water partition coefficient (Wildman–Crippen LogP) is 3.49. The van der Waals surface area contributed by atoms with Crippen LogP contribution < -0.4 is 5.32 Å². The Balaban J connectivity index is 1.29. The fourth-order valence-corrected chi connectivity index (χ4v) is 4.88. The Bertz CT molecular complexity index is 1390. The molecule has 0 bridgehead atoms. The van der Waals surface area contributed by atoms with E-state index in [9.17, 15) is 9.18 Å². The maximum absolute atomic E-state index is 13.2. The average Bonchev–Trinajstić information content (AvgIpc) is 3.41. The van der Waals surface area contributed by atoms with Crippen molar-refractivity contribution in [1.29, 1.82) is 0 Å². The summed E-state index contributed by atoms with van der Waals surface area (Å²) in [5, 5.41) is 2.81. The second kappa shape index (κ2) is 10.9. The zero-order valence-corrected chi connectivity index (χ0v) is 20.4. The van der Waals surface area contributed by atoms with E-state index in [4.69, 9.17) is 18.9 Å².